The van der Waals surface area contributed by atoms with Gasteiger partial charge in [0.1, 0.15) is 6.61 Å². The van der Waals surface area contributed by atoms with E-state index >= 15 is 0 Å². The van der Waals surface area contributed by atoms with Gasteiger partial charge in [0.25, 0.3) is 0 Å². The molecule has 7 heteroatoms. The topological polar surface area (TPSA) is 101 Å². The predicted octanol–water partition coefficient (Wildman–Crippen LogP) is 2.65. The highest BCUT2D eigenvalue weighted by Crippen LogP contribution is 2.29. The van der Waals surface area contributed by atoms with Crippen molar-refractivity contribution >= 4 is 17.5 Å². The van der Waals surface area contributed by atoms with Gasteiger partial charge in [0.15, 0.2) is 0 Å². The molecule has 28 heavy (non-hydrogen) atoms. The molecule has 0 unspecified atom stereocenters. The molecule has 1 aromatic heterocycles. The van der Waals surface area contributed by atoms with Gasteiger partial charge in [-0.05, 0) is 50.5 Å². The van der Waals surface area contributed by atoms with Crippen LogP contribution in [0.25, 0.3) is 0 Å². The third-order valence-corrected chi connectivity index (χ3v) is 5.76. The Bertz CT molecular complexity index is 653. The minimum Gasteiger partial charge on any atom is -0.475 e. The average Bonchev–Trinajstić information content (AvgIpc) is 3.20. The Morgan fingerprint density at radius 1 is 1.14 bits per heavy atom. The van der Waals surface area contributed by atoms with E-state index in [1.807, 2.05) is 0 Å². The summed E-state index contributed by atoms with van der Waals surface area (Å²) in [5.41, 5.74) is 0.639. The summed E-state index contributed by atoms with van der Waals surface area (Å²) in [5.74, 6) is 1.06. The van der Waals surface area contributed by atoms with E-state index in [9.17, 15) is 9.59 Å². The van der Waals surface area contributed by atoms with Crippen molar-refractivity contribution < 1.29 is 19.4 Å². The number of hydrogen-bond donors (Lipinski definition) is 3. The number of aliphatic hydroxyl groups is 1. The number of nitrogens with zero attached hydrogens (tertiary/aromatic N) is 1. The van der Waals surface area contributed by atoms with Crippen LogP contribution < -0.4 is 15.4 Å². The van der Waals surface area contributed by atoms with Crippen molar-refractivity contribution in [2.45, 2.75) is 63.8 Å². The molecule has 0 spiro atoms. The van der Waals surface area contributed by atoms with Crippen molar-refractivity contribution in [3.63, 3.8) is 0 Å². The van der Waals surface area contributed by atoms with Crippen molar-refractivity contribution in [3.05, 3.63) is 18.3 Å². The number of anilines is 1. The lowest BCUT2D eigenvalue weighted by molar-refractivity contribution is -0.123. The molecule has 2 aliphatic rings. The number of carbonyl (C=O) groups is 2. The molecule has 0 saturated heterocycles. The van der Waals surface area contributed by atoms with E-state index in [2.05, 4.69) is 15.6 Å². The first-order valence-electron chi connectivity index (χ1n) is 10.4. The zero-order valence-electron chi connectivity index (χ0n) is 16.4. The number of aliphatic hydroxyl groups excluding tert-OH is 1. The van der Waals surface area contributed by atoms with Crippen molar-refractivity contribution in [1.29, 1.82) is 0 Å². The normalized spacial score (nSPS) is 22.6. The molecule has 1 aromatic rings. The molecule has 2 aliphatic carbocycles. The first kappa shape index (κ1) is 20.6. The number of carbonyl (C=O) groups excluding carboxylic acids is 2. The predicted molar refractivity (Wildman–Crippen MR) is 106 cm³/mol. The Balaban J connectivity index is 1.40. The maximum atomic E-state index is 12.6. The Morgan fingerprint density at radius 3 is 2.61 bits per heavy atom. The molecule has 7 nitrogen and oxygen atoms in total. The Morgan fingerprint density at radius 2 is 1.89 bits per heavy atom. The fourth-order valence-electron chi connectivity index (χ4n) is 4.22. The van der Waals surface area contributed by atoms with Crippen LogP contribution in [0.3, 0.4) is 0 Å². The van der Waals surface area contributed by atoms with Crippen LogP contribution in [0.5, 0.6) is 5.88 Å². The molecule has 2 amide bonds. The van der Waals surface area contributed by atoms with Crippen LogP contribution in [0.15, 0.2) is 18.3 Å². The van der Waals surface area contributed by atoms with Crippen LogP contribution in [-0.2, 0) is 9.59 Å². The smallest absolute Gasteiger partial charge is 0.227 e. The Labute approximate surface area is 166 Å². The van der Waals surface area contributed by atoms with Crippen molar-refractivity contribution in [3.8, 4) is 5.88 Å². The molecule has 0 atom stereocenters. The van der Waals surface area contributed by atoms with E-state index in [1.54, 1.807) is 18.3 Å². The molecule has 1 heterocycles. The van der Waals surface area contributed by atoms with E-state index in [1.165, 1.54) is 25.7 Å². The lowest BCUT2D eigenvalue weighted by Gasteiger charge is -2.28. The highest BCUT2D eigenvalue weighted by molar-refractivity contribution is 5.92. The number of aromatic nitrogens is 1. The van der Waals surface area contributed by atoms with Crippen LogP contribution >= 0.6 is 0 Å². The van der Waals surface area contributed by atoms with Crippen LogP contribution in [0.4, 0.5) is 5.69 Å². The average molecular weight is 389 g/mol. The molecule has 3 rings (SSSR count). The zero-order chi connectivity index (χ0) is 19.8. The molecular weight excluding hydrogens is 358 g/mol. The van der Waals surface area contributed by atoms with Crippen LogP contribution in [-0.4, -0.2) is 41.2 Å². The van der Waals surface area contributed by atoms with Gasteiger partial charge in [-0.1, -0.05) is 12.8 Å². The van der Waals surface area contributed by atoms with Gasteiger partial charge in [0.2, 0.25) is 17.7 Å². The maximum Gasteiger partial charge on any atom is 0.227 e. The molecule has 2 saturated carbocycles. The molecule has 2 fully saturated rings. The summed E-state index contributed by atoms with van der Waals surface area (Å²) >= 11 is 0. The van der Waals surface area contributed by atoms with Gasteiger partial charge in [-0.15, -0.1) is 0 Å². The summed E-state index contributed by atoms with van der Waals surface area (Å²) in [7, 11) is 0. The first-order chi connectivity index (χ1) is 13.6. The number of rotatable bonds is 8. The molecular formula is C21H31N3O4. The second kappa shape index (κ2) is 10.4. The van der Waals surface area contributed by atoms with E-state index in [-0.39, 0.29) is 37.0 Å². The van der Waals surface area contributed by atoms with Gasteiger partial charge in [-0.25, -0.2) is 4.98 Å². The van der Waals surface area contributed by atoms with E-state index in [4.69, 9.17) is 9.84 Å². The van der Waals surface area contributed by atoms with Crippen LogP contribution in [0.2, 0.25) is 0 Å². The second-order valence-corrected chi connectivity index (χ2v) is 7.91. The Hall–Kier alpha value is -2.15. The third kappa shape index (κ3) is 6.19. The van der Waals surface area contributed by atoms with Gasteiger partial charge >= 0.3 is 0 Å². The monoisotopic (exact) mass is 389 g/mol. The lowest BCUT2D eigenvalue weighted by Crippen LogP contribution is -2.40. The summed E-state index contributed by atoms with van der Waals surface area (Å²) in [6, 6.07) is 3.57. The second-order valence-electron chi connectivity index (χ2n) is 7.91. The number of nitrogens with one attached hydrogen (secondary N) is 2. The Kier molecular flexibility index (Phi) is 7.65. The van der Waals surface area contributed by atoms with Gasteiger partial charge in [0, 0.05) is 36.3 Å². The minimum atomic E-state index is -0.0846. The standard InChI is InChI=1S/C21H31N3O4/c25-11-12-28-20-14-18(9-10-22-20)24-21(27)16-5-7-17(8-6-16)23-19(26)13-15-3-1-2-4-15/h9-10,14-17,25H,1-8,11-13H2,(H,23,26)(H,22,24,27). The minimum absolute atomic E-state index is 0.00459. The van der Waals surface area contributed by atoms with E-state index < -0.39 is 0 Å². The summed E-state index contributed by atoms with van der Waals surface area (Å²) in [4.78, 5) is 28.8. The molecule has 0 aliphatic heterocycles. The van der Waals surface area contributed by atoms with Gasteiger partial charge in [-0.3, -0.25) is 9.59 Å². The number of hydrogen-bond acceptors (Lipinski definition) is 5. The summed E-state index contributed by atoms with van der Waals surface area (Å²) in [6.45, 7) is 0.0829. The highest BCUT2D eigenvalue weighted by Gasteiger charge is 2.28. The zero-order valence-corrected chi connectivity index (χ0v) is 16.4. The fourth-order valence-corrected chi connectivity index (χ4v) is 4.22. The van der Waals surface area contributed by atoms with Crippen LogP contribution in [0, 0.1) is 11.8 Å². The van der Waals surface area contributed by atoms with E-state index in [0.717, 1.165) is 25.7 Å². The van der Waals surface area contributed by atoms with Gasteiger partial charge in [-0.2, -0.15) is 0 Å². The molecule has 0 bridgehead atoms. The van der Waals surface area contributed by atoms with Crippen LogP contribution in [0.1, 0.15) is 57.8 Å². The molecule has 0 radical (unpaired) electrons. The summed E-state index contributed by atoms with van der Waals surface area (Å²) in [6.07, 6.45) is 10.3. The SMILES string of the molecule is O=C(CC1CCCC1)NC1CCC(C(=O)Nc2ccnc(OCCO)c2)CC1. The summed E-state index contributed by atoms with van der Waals surface area (Å²) < 4.78 is 5.27. The number of ether oxygens (including phenoxy) is 1. The highest BCUT2D eigenvalue weighted by atomic mass is 16.5. The number of pyridine rings is 1. The van der Waals surface area contributed by atoms with Crippen molar-refractivity contribution in [2.24, 2.45) is 11.8 Å². The first-order valence-corrected chi connectivity index (χ1v) is 10.4. The largest absolute Gasteiger partial charge is 0.475 e. The maximum absolute atomic E-state index is 12.6. The van der Waals surface area contributed by atoms with Gasteiger partial charge in [0.05, 0.1) is 6.61 Å². The van der Waals surface area contributed by atoms with Crippen molar-refractivity contribution in [2.75, 3.05) is 18.5 Å². The number of amides is 2. The summed E-state index contributed by atoms with van der Waals surface area (Å²) in [5, 5.41) is 14.9. The third-order valence-electron chi connectivity index (χ3n) is 5.76. The fraction of sp³-hybridized carbons (Fsp3) is 0.667. The molecule has 154 valence electrons. The molecule has 0 aromatic carbocycles. The van der Waals surface area contributed by atoms with Crippen molar-refractivity contribution in [1.82, 2.24) is 10.3 Å². The van der Waals surface area contributed by atoms with Gasteiger partial charge < -0.3 is 20.5 Å². The molecule has 3 N–H and O–H groups in total. The quantitative estimate of drug-likeness (QED) is 0.635. The lowest BCUT2D eigenvalue weighted by atomic mass is 9.85. The van der Waals surface area contributed by atoms with E-state index in [0.29, 0.717) is 23.9 Å².